The van der Waals surface area contributed by atoms with Crippen LogP contribution in [0.5, 0.6) is 11.5 Å². The molecule has 0 saturated carbocycles. The molecule has 1 saturated heterocycles. The van der Waals surface area contributed by atoms with Gasteiger partial charge in [0.2, 0.25) is 6.79 Å². The fraction of sp³-hybridized carbons (Fsp3) is 0.318. The highest BCUT2D eigenvalue weighted by molar-refractivity contribution is 7.13. The first-order valence-corrected chi connectivity index (χ1v) is 11.5. The summed E-state index contributed by atoms with van der Waals surface area (Å²) in [5.41, 5.74) is 3.19. The van der Waals surface area contributed by atoms with Crippen LogP contribution in [0.1, 0.15) is 11.3 Å². The third-order valence-electron chi connectivity index (χ3n) is 5.47. The molecule has 0 amide bonds. The summed E-state index contributed by atoms with van der Waals surface area (Å²) in [6, 6.07) is 11.7. The third-order valence-corrected chi connectivity index (χ3v) is 7.11. The Labute approximate surface area is 189 Å². The van der Waals surface area contributed by atoms with Crippen LogP contribution in [-0.2, 0) is 13.1 Å². The Morgan fingerprint density at radius 2 is 1.60 bits per heavy atom. The smallest absolute Gasteiger partial charge is 0.231 e. The van der Waals surface area contributed by atoms with Crippen molar-refractivity contribution in [2.45, 2.75) is 13.1 Å². The lowest BCUT2D eigenvalue weighted by molar-refractivity contribution is 0.121. The summed E-state index contributed by atoms with van der Waals surface area (Å²) in [4.78, 5) is 9.70. The zero-order valence-electron chi connectivity index (χ0n) is 16.3. The molecule has 30 heavy (non-hydrogen) atoms. The van der Waals surface area contributed by atoms with E-state index in [9.17, 15) is 0 Å². The summed E-state index contributed by atoms with van der Waals surface area (Å²) in [6.45, 7) is 5.91. The van der Waals surface area contributed by atoms with E-state index in [-0.39, 0.29) is 6.79 Å². The molecular weight excluding hydrogens is 441 g/mol. The number of aromatic nitrogens is 1. The van der Waals surface area contributed by atoms with Crippen molar-refractivity contribution in [1.82, 2.24) is 14.8 Å². The van der Waals surface area contributed by atoms with Gasteiger partial charge in [0.25, 0.3) is 0 Å². The van der Waals surface area contributed by atoms with Crippen LogP contribution in [0.4, 0.5) is 0 Å². The van der Waals surface area contributed by atoms with E-state index < -0.39 is 0 Å². The number of thiazole rings is 1. The molecule has 156 valence electrons. The van der Waals surface area contributed by atoms with Crippen molar-refractivity contribution in [2.75, 3.05) is 33.0 Å². The number of hydrogen-bond acceptors (Lipinski definition) is 6. The zero-order valence-corrected chi connectivity index (χ0v) is 18.6. The second-order valence-corrected chi connectivity index (χ2v) is 9.14. The van der Waals surface area contributed by atoms with Gasteiger partial charge < -0.3 is 9.47 Å². The Bertz CT molecular complexity index is 1030. The predicted octanol–water partition coefficient (Wildman–Crippen LogP) is 5.16. The van der Waals surface area contributed by atoms with Gasteiger partial charge in [-0.25, -0.2) is 4.98 Å². The minimum atomic E-state index is 0.288. The Hall–Kier alpha value is -1.83. The van der Waals surface area contributed by atoms with Gasteiger partial charge in [0.15, 0.2) is 11.5 Å². The summed E-state index contributed by atoms with van der Waals surface area (Å²) in [5.74, 6) is 1.59. The van der Waals surface area contributed by atoms with Gasteiger partial charge in [-0.05, 0) is 30.3 Å². The van der Waals surface area contributed by atoms with Crippen molar-refractivity contribution in [2.24, 2.45) is 0 Å². The molecule has 0 spiro atoms. The molecule has 5 rings (SSSR count). The maximum absolute atomic E-state index is 6.33. The lowest BCUT2D eigenvalue weighted by Gasteiger charge is -2.34. The Balaban J connectivity index is 1.17. The van der Waals surface area contributed by atoms with Crippen molar-refractivity contribution in [3.63, 3.8) is 0 Å². The molecule has 8 heteroatoms. The van der Waals surface area contributed by atoms with Crippen molar-refractivity contribution >= 4 is 34.5 Å². The van der Waals surface area contributed by atoms with E-state index in [1.165, 1.54) is 0 Å². The molecule has 0 bridgehead atoms. The highest BCUT2D eigenvalue weighted by Crippen LogP contribution is 2.36. The number of rotatable bonds is 5. The monoisotopic (exact) mass is 461 g/mol. The molecule has 0 radical (unpaired) electrons. The van der Waals surface area contributed by atoms with Crippen LogP contribution in [0.25, 0.3) is 10.6 Å². The van der Waals surface area contributed by atoms with E-state index in [0.717, 1.165) is 82.6 Å². The van der Waals surface area contributed by atoms with E-state index >= 15 is 0 Å². The topological polar surface area (TPSA) is 37.8 Å². The highest BCUT2D eigenvalue weighted by atomic mass is 35.5. The lowest BCUT2D eigenvalue weighted by atomic mass is 10.2. The van der Waals surface area contributed by atoms with Gasteiger partial charge in [-0.2, -0.15) is 0 Å². The van der Waals surface area contributed by atoms with Crippen LogP contribution in [0.3, 0.4) is 0 Å². The van der Waals surface area contributed by atoms with Gasteiger partial charge in [0.05, 0.1) is 5.69 Å². The largest absolute Gasteiger partial charge is 0.454 e. The van der Waals surface area contributed by atoms with Crippen molar-refractivity contribution < 1.29 is 9.47 Å². The average molecular weight is 462 g/mol. The van der Waals surface area contributed by atoms with E-state index in [4.69, 9.17) is 37.7 Å². The molecule has 0 unspecified atom stereocenters. The standard InChI is InChI=1S/C22H21Cl2N3O2S/c23-18-2-1-3-19(24)17(18)12-27-8-6-26(7-9-27)11-16-13-30-22(25-16)15-4-5-20-21(10-15)29-14-28-20/h1-5,10,13H,6-9,11-12,14H2. The van der Waals surface area contributed by atoms with Gasteiger partial charge in [-0.1, -0.05) is 29.3 Å². The first-order chi connectivity index (χ1) is 14.7. The molecule has 0 N–H and O–H groups in total. The highest BCUT2D eigenvalue weighted by Gasteiger charge is 2.20. The van der Waals surface area contributed by atoms with Gasteiger partial charge in [-0.3, -0.25) is 9.80 Å². The zero-order chi connectivity index (χ0) is 20.5. The van der Waals surface area contributed by atoms with Crippen molar-refractivity contribution in [1.29, 1.82) is 0 Å². The summed E-state index contributed by atoms with van der Waals surface area (Å²) in [6.07, 6.45) is 0. The summed E-state index contributed by atoms with van der Waals surface area (Å²) < 4.78 is 10.9. The average Bonchev–Trinajstić information content (AvgIpc) is 3.41. The van der Waals surface area contributed by atoms with Crippen molar-refractivity contribution in [3.05, 3.63) is 63.1 Å². The maximum Gasteiger partial charge on any atom is 0.231 e. The molecule has 2 aliphatic heterocycles. The first-order valence-electron chi connectivity index (χ1n) is 9.88. The van der Waals surface area contributed by atoms with Crippen LogP contribution in [0.15, 0.2) is 41.8 Å². The number of benzene rings is 2. The summed E-state index contributed by atoms with van der Waals surface area (Å²) in [5, 5.41) is 4.64. The van der Waals surface area contributed by atoms with Crippen LogP contribution >= 0.6 is 34.5 Å². The molecule has 2 aromatic carbocycles. The van der Waals surface area contributed by atoms with E-state index in [0.29, 0.717) is 0 Å². The number of halogens is 2. The molecule has 5 nitrogen and oxygen atoms in total. The molecule has 3 heterocycles. The van der Waals surface area contributed by atoms with E-state index in [2.05, 4.69) is 15.2 Å². The number of fused-ring (bicyclic) bond motifs is 1. The fourth-order valence-electron chi connectivity index (χ4n) is 3.78. The van der Waals surface area contributed by atoms with E-state index in [1.807, 2.05) is 36.4 Å². The van der Waals surface area contributed by atoms with Crippen LogP contribution < -0.4 is 9.47 Å². The SMILES string of the molecule is Clc1cccc(Cl)c1CN1CCN(Cc2csc(-c3ccc4c(c3)OCO4)n2)CC1. The third kappa shape index (κ3) is 4.29. The number of hydrogen-bond donors (Lipinski definition) is 0. The molecule has 0 aliphatic carbocycles. The normalized spacial score (nSPS) is 16.9. The summed E-state index contributed by atoms with van der Waals surface area (Å²) in [7, 11) is 0. The van der Waals surface area contributed by atoms with E-state index in [1.54, 1.807) is 11.3 Å². The molecule has 0 atom stereocenters. The minimum absolute atomic E-state index is 0.288. The number of nitrogens with zero attached hydrogens (tertiary/aromatic N) is 3. The second-order valence-electron chi connectivity index (χ2n) is 7.46. The predicted molar refractivity (Wildman–Crippen MR) is 121 cm³/mol. The fourth-order valence-corrected chi connectivity index (χ4v) is 5.11. The molecule has 2 aliphatic rings. The number of ether oxygens (including phenoxy) is 2. The lowest BCUT2D eigenvalue weighted by Crippen LogP contribution is -2.45. The summed E-state index contributed by atoms with van der Waals surface area (Å²) >= 11 is 14.3. The van der Waals surface area contributed by atoms with Gasteiger partial charge in [0, 0.05) is 65.8 Å². The Morgan fingerprint density at radius 3 is 2.37 bits per heavy atom. The van der Waals surface area contributed by atoms with Gasteiger partial charge in [0.1, 0.15) is 5.01 Å². The van der Waals surface area contributed by atoms with Crippen LogP contribution in [-0.4, -0.2) is 47.8 Å². The van der Waals surface area contributed by atoms with Crippen LogP contribution in [0.2, 0.25) is 10.0 Å². The number of piperazine rings is 1. The molecule has 1 fully saturated rings. The maximum atomic E-state index is 6.33. The minimum Gasteiger partial charge on any atom is -0.454 e. The molecule has 1 aromatic heterocycles. The van der Waals surface area contributed by atoms with Crippen LogP contribution in [0, 0.1) is 0 Å². The van der Waals surface area contributed by atoms with Gasteiger partial charge in [-0.15, -0.1) is 11.3 Å². The van der Waals surface area contributed by atoms with Gasteiger partial charge >= 0.3 is 0 Å². The first kappa shape index (κ1) is 20.1. The molecular formula is C22H21Cl2N3O2S. The Kier molecular flexibility index (Phi) is 5.85. The second kappa shape index (κ2) is 8.73. The van der Waals surface area contributed by atoms with Crippen molar-refractivity contribution in [3.8, 4) is 22.1 Å². The molecule has 3 aromatic rings. The quantitative estimate of drug-likeness (QED) is 0.524. The Morgan fingerprint density at radius 1 is 0.900 bits per heavy atom.